The number of aryl methyl sites for hydroxylation is 1. The van der Waals surface area contributed by atoms with Gasteiger partial charge in [-0.15, -0.1) is 22.7 Å². The maximum absolute atomic E-state index is 6.21. The Morgan fingerprint density at radius 1 is 1.44 bits per heavy atom. The number of nitrogens with zero attached hydrogens (tertiary/aromatic N) is 2. The van der Waals surface area contributed by atoms with Crippen LogP contribution in [0.5, 0.6) is 0 Å². The fraction of sp³-hybridized carbons (Fsp3) is 0.182. The Bertz CT molecular complexity index is 591. The molecule has 0 aliphatic carbocycles. The lowest BCUT2D eigenvalue weighted by Crippen LogP contribution is -2.09. The molecule has 3 heterocycles. The van der Waals surface area contributed by atoms with E-state index in [2.05, 4.69) is 22.6 Å². The quantitative estimate of drug-likeness (QED) is 0.759. The van der Waals surface area contributed by atoms with Gasteiger partial charge in [-0.1, -0.05) is 0 Å². The number of hydrogen-bond donors (Lipinski definition) is 1. The van der Waals surface area contributed by atoms with E-state index in [1.54, 1.807) is 27.4 Å². The highest BCUT2D eigenvalue weighted by Gasteiger charge is 2.14. The number of hydrogen-bond acceptors (Lipinski definition) is 4. The van der Waals surface area contributed by atoms with Crippen molar-refractivity contribution in [1.82, 2.24) is 9.78 Å². The van der Waals surface area contributed by atoms with Gasteiger partial charge in [-0.2, -0.15) is 5.10 Å². The average Bonchev–Trinajstić information content (AvgIpc) is 2.89. The van der Waals surface area contributed by atoms with Gasteiger partial charge in [0, 0.05) is 33.1 Å². The van der Waals surface area contributed by atoms with E-state index in [4.69, 9.17) is 5.73 Å². The molecular formula is C11H11N3S2. The molecule has 0 radical (unpaired) electrons. The summed E-state index contributed by atoms with van der Waals surface area (Å²) < 4.78 is 4.42. The van der Waals surface area contributed by atoms with Crippen LogP contribution >= 0.6 is 22.7 Å². The van der Waals surface area contributed by atoms with Crippen LogP contribution in [0.2, 0.25) is 0 Å². The average molecular weight is 249 g/mol. The molecule has 5 heteroatoms. The standard InChI is InChI=1S/C11H11N3S2/c1-14-6-7(5-13-14)11(12)10-4-9-8(16-10)2-3-15-9/h2-6,11H,12H2,1H3. The normalized spacial score (nSPS) is 13.4. The highest BCUT2D eigenvalue weighted by Crippen LogP contribution is 2.34. The predicted octanol–water partition coefficient (Wildman–Crippen LogP) is 2.74. The van der Waals surface area contributed by atoms with Crippen LogP contribution in [0.15, 0.2) is 29.9 Å². The van der Waals surface area contributed by atoms with Crippen molar-refractivity contribution < 1.29 is 0 Å². The SMILES string of the molecule is Cn1cc(C(N)c2cc3sccc3s2)cn1. The lowest BCUT2D eigenvalue weighted by molar-refractivity contribution is 0.765. The molecule has 0 saturated heterocycles. The van der Waals surface area contributed by atoms with Crippen molar-refractivity contribution >= 4 is 32.1 Å². The molecule has 0 aliphatic heterocycles. The molecule has 0 spiro atoms. The molecule has 2 N–H and O–H groups in total. The highest BCUT2D eigenvalue weighted by molar-refractivity contribution is 7.26. The highest BCUT2D eigenvalue weighted by atomic mass is 32.1. The van der Waals surface area contributed by atoms with E-state index in [0.29, 0.717) is 0 Å². The van der Waals surface area contributed by atoms with Crippen LogP contribution in [0.1, 0.15) is 16.5 Å². The zero-order valence-electron chi connectivity index (χ0n) is 8.75. The van der Waals surface area contributed by atoms with E-state index in [1.165, 1.54) is 14.3 Å². The molecule has 0 aliphatic rings. The zero-order valence-corrected chi connectivity index (χ0v) is 10.4. The predicted molar refractivity (Wildman–Crippen MR) is 68.9 cm³/mol. The van der Waals surface area contributed by atoms with Crippen LogP contribution in [0.3, 0.4) is 0 Å². The Kier molecular flexibility index (Phi) is 2.31. The van der Waals surface area contributed by atoms with Crippen molar-refractivity contribution in [2.24, 2.45) is 12.8 Å². The van der Waals surface area contributed by atoms with Crippen molar-refractivity contribution in [3.63, 3.8) is 0 Å². The van der Waals surface area contributed by atoms with Crippen molar-refractivity contribution in [2.45, 2.75) is 6.04 Å². The summed E-state index contributed by atoms with van der Waals surface area (Å²) >= 11 is 3.52. The topological polar surface area (TPSA) is 43.8 Å². The maximum atomic E-state index is 6.21. The van der Waals surface area contributed by atoms with Crippen molar-refractivity contribution in [1.29, 1.82) is 0 Å². The molecule has 0 bridgehead atoms. The van der Waals surface area contributed by atoms with Crippen LogP contribution in [0.25, 0.3) is 9.40 Å². The van der Waals surface area contributed by atoms with E-state index < -0.39 is 0 Å². The molecular weight excluding hydrogens is 238 g/mol. The molecule has 0 fully saturated rings. The Morgan fingerprint density at radius 2 is 2.31 bits per heavy atom. The molecule has 16 heavy (non-hydrogen) atoms. The number of aromatic nitrogens is 2. The fourth-order valence-corrected chi connectivity index (χ4v) is 3.85. The van der Waals surface area contributed by atoms with Crippen molar-refractivity contribution in [2.75, 3.05) is 0 Å². The molecule has 3 rings (SSSR count). The van der Waals surface area contributed by atoms with E-state index in [1.807, 2.05) is 19.4 Å². The summed E-state index contributed by atoms with van der Waals surface area (Å²) in [7, 11) is 1.91. The summed E-state index contributed by atoms with van der Waals surface area (Å²) in [6, 6.07) is 4.27. The minimum Gasteiger partial charge on any atom is -0.320 e. The summed E-state index contributed by atoms with van der Waals surface area (Å²) in [6.07, 6.45) is 3.80. The summed E-state index contributed by atoms with van der Waals surface area (Å²) in [4.78, 5) is 1.20. The monoisotopic (exact) mass is 249 g/mol. The Labute approximate surface area is 101 Å². The maximum Gasteiger partial charge on any atom is 0.0677 e. The second-order valence-electron chi connectivity index (χ2n) is 3.72. The van der Waals surface area contributed by atoms with Crippen LogP contribution in [-0.4, -0.2) is 9.78 Å². The second-order valence-corrected chi connectivity index (χ2v) is 5.79. The van der Waals surface area contributed by atoms with Gasteiger partial charge >= 0.3 is 0 Å². The summed E-state index contributed by atoms with van der Waals surface area (Å²) in [5.74, 6) is 0. The minimum atomic E-state index is -0.0571. The van der Waals surface area contributed by atoms with E-state index in [9.17, 15) is 0 Å². The van der Waals surface area contributed by atoms with Crippen molar-refractivity contribution in [3.8, 4) is 0 Å². The third-order valence-electron chi connectivity index (χ3n) is 2.55. The summed E-state index contributed by atoms with van der Waals surface area (Å²) in [6.45, 7) is 0. The molecule has 3 aromatic heterocycles. The van der Waals surface area contributed by atoms with Crippen LogP contribution < -0.4 is 5.73 Å². The molecule has 0 amide bonds. The molecule has 0 saturated carbocycles. The van der Waals surface area contributed by atoms with Gasteiger partial charge < -0.3 is 5.73 Å². The first-order valence-electron chi connectivity index (χ1n) is 4.95. The van der Waals surface area contributed by atoms with Gasteiger partial charge in [-0.25, -0.2) is 0 Å². The molecule has 82 valence electrons. The van der Waals surface area contributed by atoms with E-state index in [-0.39, 0.29) is 6.04 Å². The minimum absolute atomic E-state index is 0.0571. The first-order chi connectivity index (χ1) is 7.74. The number of nitrogens with two attached hydrogens (primary N) is 1. The van der Waals surface area contributed by atoms with Gasteiger partial charge in [0.1, 0.15) is 0 Å². The van der Waals surface area contributed by atoms with Gasteiger partial charge in [-0.05, 0) is 17.5 Å². The molecule has 3 nitrogen and oxygen atoms in total. The smallest absolute Gasteiger partial charge is 0.0677 e. The zero-order chi connectivity index (χ0) is 11.1. The van der Waals surface area contributed by atoms with Gasteiger partial charge in [0.15, 0.2) is 0 Å². The lowest BCUT2D eigenvalue weighted by Gasteiger charge is -2.05. The first-order valence-corrected chi connectivity index (χ1v) is 6.65. The largest absolute Gasteiger partial charge is 0.320 e. The summed E-state index contributed by atoms with van der Waals surface area (Å²) in [5.41, 5.74) is 7.28. The van der Waals surface area contributed by atoms with Gasteiger partial charge in [0.05, 0.1) is 12.2 Å². The fourth-order valence-electron chi connectivity index (χ4n) is 1.70. The first kappa shape index (κ1) is 10.0. The second kappa shape index (κ2) is 3.69. The van der Waals surface area contributed by atoms with Gasteiger partial charge in [0.2, 0.25) is 0 Å². The number of fused-ring (bicyclic) bond motifs is 1. The molecule has 1 unspecified atom stereocenters. The molecule has 3 aromatic rings. The van der Waals surface area contributed by atoms with Crippen LogP contribution in [0.4, 0.5) is 0 Å². The van der Waals surface area contributed by atoms with E-state index in [0.717, 1.165) is 5.56 Å². The van der Waals surface area contributed by atoms with E-state index >= 15 is 0 Å². The Morgan fingerprint density at radius 3 is 3.00 bits per heavy atom. The van der Waals surface area contributed by atoms with Crippen LogP contribution in [0, 0.1) is 0 Å². The third kappa shape index (κ3) is 1.57. The molecule has 1 atom stereocenters. The summed E-state index contributed by atoms with van der Waals surface area (Å²) in [5, 5.41) is 6.26. The third-order valence-corrected chi connectivity index (χ3v) is 4.73. The number of thiophene rings is 2. The van der Waals surface area contributed by atoms with Gasteiger partial charge in [0.25, 0.3) is 0 Å². The van der Waals surface area contributed by atoms with Crippen LogP contribution in [-0.2, 0) is 7.05 Å². The van der Waals surface area contributed by atoms with Gasteiger partial charge in [-0.3, -0.25) is 4.68 Å². The van der Waals surface area contributed by atoms with Crippen molar-refractivity contribution in [3.05, 3.63) is 40.3 Å². The Balaban J connectivity index is 2.00. The Hall–Kier alpha value is -1.17. The number of rotatable bonds is 2. The molecule has 0 aromatic carbocycles. The lowest BCUT2D eigenvalue weighted by atomic mass is 10.1.